The average Bonchev–Trinajstić information content (AvgIpc) is 2.41. The zero-order valence-electron chi connectivity index (χ0n) is 13.7. The zero-order valence-corrected chi connectivity index (χ0v) is 13.7. The standard InChI is InChI=1S/C15H29NO6/c1-8(2)14-12(16-6-5-11(18)19)13(20)15(21-9(3)4)10(7-17)22-14/h8-10,12-17,20H,5-7H2,1-4H3,(H,18,19). The molecule has 5 unspecified atom stereocenters. The molecule has 7 nitrogen and oxygen atoms in total. The van der Waals surface area contributed by atoms with Crippen LogP contribution in [-0.2, 0) is 14.3 Å². The van der Waals surface area contributed by atoms with Gasteiger partial charge in [-0.15, -0.1) is 0 Å². The van der Waals surface area contributed by atoms with Gasteiger partial charge in [0, 0.05) is 6.54 Å². The monoisotopic (exact) mass is 319 g/mol. The fourth-order valence-corrected chi connectivity index (χ4v) is 2.77. The highest BCUT2D eigenvalue weighted by Gasteiger charge is 2.46. The number of aliphatic carboxylic acids is 1. The normalized spacial score (nSPS) is 32.6. The fourth-order valence-electron chi connectivity index (χ4n) is 2.77. The van der Waals surface area contributed by atoms with E-state index in [2.05, 4.69) is 5.32 Å². The van der Waals surface area contributed by atoms with Crippen molar-refractivity contribution in [1.29, 1.82) is 0 Å². The van der Waals surface area contributed by atoms with Gasteiger partial charge in [0.15, 0.2) is 0 Å². The Morgan fingerprint density at radius 2 is 1.95 bits per heavy atom. The van der Waals surface area contributed by atoms with Crippen molar-refractivity contribution in [1.82, 2.24) is 5.32 Å². The molecule has 0 radical (unpaired) electrons. The average molecular weight is 319 g/mol. The van der Waals surface area contributed by atoms with Gasteiger partial charge in [-0.1, -0.05) is 13.8 Å². The minimum atomic E-state index is -0.900. The highest BCUT2D eigenvalue weighted by atomic mass is 16.6. The molecule has 0 aromatic heterocycles. The molecule has 130 valence electrons. The molecule has 1 rings (SSSR count). The minimum Gasteiger partial charge on any atom is -0.481 e. The summed E-state index contributed by atoms with van der Waals surface area (Å²) in [5.74, 6) is -0.797. The summed E-state index contributed by atoms with van der Waals surface area (Å²) in [7, 11) is 0. The van der Waals surface area contributed by atoms with Crippen LogP contribution in [0.1, 0.15) is 34.1 Å². The molecule has 22 heavy (non-hydrogen) atoms. The fraction of sp³-hybridized carbons (Fsp3) is 0.933. The first kappa shape index (κ1) is 19.3. The Labute approximate surface area is 131 Å². The van der Waals surface area contributed by atoms with Crippen molar-refractivity contribution in [2.75, 3.05) is 13.2 Å². The van der Waals surface area contributed by atoms with Gasteiger partial charge in [-0.05, 0) is 19.8 Å². The van der Waals surface area contributed by atoms with Crippen molar-refractivity contribution in [2.24, 2.45) is 5.92 Å². The number of hydrogen-bond donors (Lipinski definition) is 4. The maximum absolute atomic E-state index is 10.7. The van der Waals surface area contributed by atoms with Crippen molar-refractivity contribution in [3.8, 4) is 0 Å². The van der Waals surface area contributed by atoms with Gasteiger partial charge in [-0.2, -0.15) is 0 Å². The zero-order chi connectivity index (χ0) is 16.9. The molecule has 1 fully saturated rings. The Balaban J connectivity index is 2.84. The van der Waals surface area contributed by atoms with Crippen LogP contribution in [0.3, 0.4) is 0 Å². The maximum Gasteiger partial charge on any atom is 0.304 e. The van der Waals surface area contributed by atoms with Crippen LogP contribution in [0.4, 0.5) is 0 Å². The molecule has 0 aromatic rings. The predicted molar refractivity (Wildman–Crippen MR) is 80.6 cm³/mol. The molecule has 0 bridgehead atoms. The highest BCUT2D eigenvalue weighted by molar-refractivity contribution is 5.66. The lowest BCUT2D eigenvalue weighted by molar-refractivity contribution is -0.227. The number of carbonyl (C=O) groups is 1. The largest absolute Gasteiger partial charge is 0.481 e. The van der Waals surface area contributed by atoms with E-state index in [0.29, 0.717) is 0 Å². The summed E-state index contributed by atoms with van der Waals surface area (Å²) < 4.78 is 11.6. The minimum absolute atomic E-state index is 0.0346. The van der Waals surface area contributed by atoms with Crippen LogP contribution >= 0.6 is 0 Å². The lowest BCUT2D eigenvalue weighted by atomic mass is 9.87. The molecule has 1 saturated heterocycles. The number of aliphatic hydroxyl groups excluding tert-OH is 2. The van der Waals surface area contributed by atoms with E-state index in [1.165, 1.54) is 0 Å². The Morgan fingerprint density at radius 3 is 2.41 bits per heavy atom. The molecular weight excluding hydrogens is 290 g/mol. The number of rotatable bonds is 8. The van der Waals surface area contributed by atoms with Gasteiger partial charge in [0.2, 0.25) is 0 Å². The van der Waals surface area contributed by atoms with E-state index < -0.39 is 30.3 Å². The number of hydrogen-bond acceptors (Lipinski definition) is 6. The third-order valence-electron chi connectivity index (χ3n) is 3.74. The predicted octanol–water partition coefficient (Wildman–Crippen LogP) is -0.0105. The maximum atomic E-state index is 10.7. The Bertz CT molecular complexity index is 349. The molecule has 0 spiro atoms. The van der Waals surface area contributed by atoms with Crippen molar-refractivity contribution in [2.45, 2.75) is 70.7 Å². The van der Waals surface area contributed by atoms with E-state index in [4.69, 9.17) is 14.6 Å². The molecule has 1 aliphatic heterocycles. The lowest BCUT2D eigenvalue weighted by Gasteiger charge is -2.46. The highest BCUT2D eigenvalue weighted by Crippen LogP contribution is 2.28. The first-order valence-corrected chi connectivity index (χ1v) is 7.83. The third kappa shape index (κ3) is 5.17. The van der Waals surface area contributed by atoms with Gasteiger partial charge in [-0.25, -0.2) is 0 Å². The van der Waals surface area contributed by atoms with E-state index >= 15 is 0 Å². The Kier molecular flexibility index (Phi) is 7.71. The summed E-state index contributed by atoms with van der Waals surface area (Å²) in [5.41, 5.74) is 0. The first-order valence-electron chi connectivity index (χ1n) is 7.83. The van der Waals surface area contributed by atoms with Crippen LogP contribution in [0.25, 0.3) is 0 Å². The summed E-state index contributed by atoms with van der Waals surface area (Å²) in [4.78, 5) is 10.7. The molecule has 0 amide bonds. The van der Waals surface area contributed by atoms with E-state index in [0.717, 1.165) is 0 Å². The smallest absolute Gasteiger partial charge is 0.304 e. The van der Waals surface area contributed by atoms with Gasteiger partial charge < -0.3 is 30.1 Å². The summed E-state index contributed by atoms with van der Waals surface area (Å²) in [6, 6.07) is -0.439. The molecule has 1 heterocycles. The molecule has 0 aromatic carbocycles. The Hall–Kier alpha value is -0.730. The van der Waals surface area contributed by atoms with E-state index in [1.807, 2.05) is 27.7 Å². The van der Waals surface area contributed by atoms with Crippen LogP contribution in [0.5, 0.6) is 0 Å². The number of aliphatic hydroxyl groups is 2. The van der Waals surface area contributed by atoms with Gasteiger partial charge in [0.1, 0.15) is 18.3 Å². The van der Waals surface area contributed by atoms with Crippen molar-refractivity contribution in [3.63, 3.8) is 0 Å². The molecule has 1 aliphatic rings. The second-order valence-corrected chi connectivity index (χ2v) is 6.33. The molecule has 7 heteroatoms. The van der Waals surface area contributed by atoms with Gasteiger partial charge in [0.05, 0.1) is 31.3 Å². The Morgan fingerprint density at radius 1 is 1.32 bits per heavy atom. The van der Waals surface area contributed by atoms with E-state index in [-0.39, 0.29) is 37.7 Å². The summed E-state index contributed by atoms with van der Waals surface area (Å²) in [6.07, 6.45) is -2.60. The summed E-state index contributed by atoms with van der Waals surface area (Å²) in [6.45, 7) is 7.62. The third-order valence-corrected chi connectivity index (χ3v) is 3.74. The lowest BCUT2D eigenvalue weighted by Crippen LogP contribution is -2.65. The first-order chi connectivity index (χ1) is 10.3. The topological polar surface area (TPSA) is 108 Å². The number of carboxylic acids is 1. The van der Waals surface area contributed by atoms with Crippen molar-refractivity contribution >= 4 is 5.97 Å². The van der Waals surface area contributed by atoms with E-state index in [1.54, 1.807) is 0 Å². The van der Waals surface area contributed by atoms with Crippen molar-refractivity contribution in [3.05, 3.63) is 0 Å². The van der Waals surface area contributed by atoms with Crippen molar-refractivity contribution < 1.29 is 29.6 Å². The summed E-state index contributed by atoms with van der Waals surface area (Å²) in [5, 5.41) is 32.0. The van der Waals surface area contributed by atoms with Crippen LogP contribution in [0, 0.1) is 5.92 Å². The molecule has 0 aliphatic carbocycles. The second-order valence-electron chi connectivity index (χ2n) is 6.33. The molecule has 0 saturated carbocycles. The molecule has 4 N–H and O–H groups in total. The van der Waals surface area contributed by atoms with E-state index in [9.17, 15) is 15.0 Å². The van der Waals surface area contributed by atoms with Crippen LogP contribution in [0.2, 0.25) is 0 Å². The van der Waals surface area contributed by atoms with Gasteiger partial charge in [-0.3, -0.25) is 4.79 Å². The number of ether oxygens (including phenoxy) is 2. The molecule has 5 atom stereocenters. The molecular formula is C15H29NO6. The van der Waals surface area contributed by atoms with Crippen LogP contribution in [-0.4, -0.2) is 71.0 Å². The number of carboxylic acid groups (broad SMARTS) is 1. The van der Waals surface area contributed by atoms with Crippen LogP contribution < -0.4 is 5.32 Å². The SMILES string of the molecule is CC(C)OC1C(CO)OC(C(C)C)C(NCCC(=O)O)C1O. The van der Waals surface area contributed by atoms with Gasteiger partial charge >= 0.3 is 5.97 Å². The quantitative estimate of drug-likeness (QED) is 0.498. The summed E-state index contributed by atoms with van der Waals surface area (Å²) >= 11 is 0. The van der Waals surface area contributed by atoms with Gasteiger partial charge in [0.25, 0.3) is 0 Å². The number of nitrogens with one attached hydrogen (secondary N) is 1. The second kappa shape index (κ2) is 8.79. The van der Waals surface area contributed by atoms with Crippen LogP contribution in [0.15, 0.2) is 0 Å².